The first kappa shape index (κ1) is 19.4. The third-order valence-corrected chi connectivity index (χ3v) is 5.93. The van der Waals surface area contributed by atoms with Crippen molar-refractivity contribution in [3.8, 4) is 0 Å². The van der Waals surface area contributed by atoms with Crippen LogP contribution in [0.4, 0.5) is 0 Å². The van der Waals surface area contributed by atoms with Crippen molar-refractivity contribution >= 4 is 16.7 Å². The summed E-state index contributed by atoms with van der Waals surface area (Å²) in [4.78, 5) is 25.8. The van der Waals surface area contributed by atoms with Crippen molar-refractivity contribution in [3.63, 3.8) is 0 Å². The highest BCUT2D eigenvalue weighted by Crippen LogP contribution is 2.28. The topological polar surface area (TPSA) is 64.0 Å². The van der Waals surface area contributed by atoms with E-state index in [1.54, 1.807) is 4.68 Å². The van der Waals surface area contributed by atoms with E-state index in [0.29, 0.717) is 11.9 Å². The molecular formula is C24H27N3O2. The van der Waals surface area contributed by atoms with Gasteiger partial charge in [0.25, 0.3) is 5.56 Å². The Hall–Kier alpha value is -2.95. The number of aromatic nitrogens is 2. The zero-order chi connectivity index (χ0) is 20.2. The smallest absolute Gasteiger partial charge is 0.274 e. The molecule has 0 unspecified atom stereocenters. The van der Waals surface area contributed by atoms with E-state index < -0.39 is 0 Å². The fraction of sp³-hybridized carbons (Fsp3) is 0.375. The van der Waals surface area contributed by atoms with E-state index in [-0.39, 0.29) is 23.4 Å². The average molecular weight is 389 g/mol. The van der Waals surface area contributed by atoms with E-state index in [0.717, 1.165) is 48.7 Å². The molecule has 1 aliphatic rings. The Morgan fingerprint density at radius 2 is 1.72 bits per heavy atom. The van der Waals surface area contributed by atoms with Crippen molar-refractivity contribution in [2.24, 2.45) is 0 Å². The lowest BCUT2D eigenvalue weighted by atomic mass is 9.95. The van der Waals surface area contributed by atoms with Crippen LogP contribution in [0.5, 0.6) is 0 Å². The van der Waals surface area contributed by atoms with Crippen LogP contribution in [0.1, 0.15) is 62.2 Å². The molecule has 1 aliphatic carbocycles. The fourth-order valence-electron chi connectivity index (χ4n) is 4.35. The van der Waals surface area contributed by atoms with Gasteiger partial charge in [-0.25, -0.2) is 4.68 Å². The van der Waals surface area contributed by atoms with Gasteiger partial charge in [0, 0.05) is 5.39 Å². The van der Waals surface area contributed by atoms with E-state index in [9.17, 15) is 9.59 Å². The second-order valence-corrected chi connectivity index (χ2v) is 7.77. The van der Waals surface area contributed by atoms with E-state index in [4.69, 9.17) is 5.10 Å². The van der Waals surface area contributed by atoms with Gasteiger partial charge in [-0.05, 0) is 30.9 Å². The molecule has 1 saturated carbocycles. The molecule has 1 N–H and O–H groups in total. The number of fused-ring (bicyclic) bond motifs is 1. The predicted octanol–water partition coefficient (Wildman–Crippen LogP) is 4.32. The van der Waals surface area contributed by atoms with Gasteiger partial charge in [-0.3, -0.25) is 9.59 Å². The van der Waals surface area contributed by atoms with Gasteiger partial charge < -0.3 is 5.32 Å². The standard InChI is InChI=1S/C24H27N3O2/c1-2-19(17-10-4-3-5-11-17)23(28)25-16-22-20-14-8-9-15-21(20)24(29)27(26-22)18-12-6-7-13-18/h3-5,8-11,14-15,18-19H,2,6-7,12-13,16H2,1H3,(H,25,28)/t19-/m1/s1. The summed E-state index contributed by atoms with van der Waals surface area (Å²) in [6.07, 6.45) is 4.97. The summed E-state index contributed by atoms with van der Waals surface area (Å²) in [7, 11) is 0. The minimum atomic E-state index is -0.191. The van der Waals surface area contributed by atoms with Gasteiger partial charge >= 0.3 is 0 Å². The van der Waals surface area contributed by atoms with Crippen molar-refractivity contribution in [1.29, 1.82) is 0 Å². The van der Waals surface area contributed by atoms with Gasteiger partial charge in [0.2, 0.25) is 5.91 Å². The molecular weight excluding hydrogens is 362 g/mol. The highest BCUT2D eigenvalue weighted by Gasteiger charge is 2.22. The molecule has 29 heavy (non-hydrogen) atoms. The normalized spacial score (nSPS) is 15.5. The Balaban J connectivity index is 1.62. The van der Waals surface area contributed by atoms with Gasteiger partial charge in [-0.15, -0.1) is 0 Å². The summed E-state index contributed by atoms with van der Waals surface area (Å²) in [5, 5.41) is 9.26. The van der Waals surface area contributed by atoms with Gasteiger partial charge in [0.1, 0.15) is 0 Å². The second kappa shape index (κ2) is 8.60. The molecule has 1 fully saturated rings. The van der Waals surface area contributed by atoms with Crippen LogP contribution in [0.25, 0.3) is 10.8 Å². The largest absolute Gasteiger partial charge is 0.350 e. The molecule has 1 atom stereocenters. The van der Waals surface area contributed by atoms with Crippen LogP contribution in [0.3, 0.4) is 0 Å². The maximum absolute atomic E-state index is 13.0. The van der Waals surface area contributed by atoms with Crippen LogP contribution >= 0.6 is 0 Å². The maximum atomic E-state index is 13.0. The second-order valence-electron chi connectivity index (χ2n) is 7.77. The van der Waals surface area contributed by atoms with Crippen molar-refractivity contribution in [2.45, 2.75) is 57.5 Å². The first-order valence-electron chi connectivity index (χ1n) is 10.5. The minimum Gasteiger partial charge on any atom is -0.350 e. The molecule has 0 aliphatic heterocycles. The molecule has 5 nitrogen and oxygen atoms in total. The summed E-state index contributed by atoms with van der Waals surface area (Å²) < 4.78 is 1.66. The van der Waals surface area contributed by atoms with Crippen LogP contribution < -0.4 is 10.9 Å². The van der Waals surface area contributed by atoms with E-state index in [1.807, 2.05) is 61.5 Å². The summed E-state index contributed by atoms with van der Waals surface area (Å²) in [6.45, 7) is 2.33. The Morgan fingerprint density at radius 3 is 2.41 bits per heavy atom. The molecule has 3 aromatic rings. The zero-order valence-corrected chi connectivity index (χ0v) is 16.8. The fourth-order valence-corrected chi connectivity index (χ4v) is 4.35. The lowest BCUT2D eigenvalue weighted by Gasteiger charge is -2.18. The number of nitrogens with zero attached hydrogens (tertiary/aromatic N) is 2. The summed E-state index contributed by atoms with van der Waals surface area (Å²) in [5.74, 6) is -0.202. The lowest BCUT2D eigenvalue weighted by Crippen LogP contribution is -2.32. The van der Waals surface area contributed by atoms with E-state index in [2.05, 4.69) is 5.32 Å². The number of hydrogen-bond acceptors (Lipinski definition) is 3. The molecule has 4 rings (SSSR count). The number of benzene rings is 2. The molecule has 0 bridgehead atoms. The van der Waals surface area contributed by atoms with Crippen molar-refractivity contribution in [2.75, 3.05) is 0 Å². The summed E-state index contributed by atoms with van der Waals surface area (Å²) >= 11 is 0. The maximum Gasteiger partial charge on any atom is 0.274 e. The molecule has 0 saturated heterocycles. The van der Waals surface area contributed by atoms with Crippen molar-refractivity contribution in [1.82, 2.24) is 15.1 Å². The first-order chi connectivity index (χ1) is 14.2. The molecule has 2 aromatic carbocycles. The van der Waals surface area contributed by atoms with Crippen LogP contribution in [-0.4, -0.2) is 15.7 Å². The number of carbonyl (C=O) groups is 1. The number of hydrogen-bond donors (Lipinski definition) is 1. The van der Waals surface area contributed by atoms with Crippen LogP contribution in [-0.2, 0) is 11.3 Å². The Morgan fingerprint density at radius 1 is 1.07 bits per heavy atom. The summed E-state index contributed by atoms with van der Waals surface area (Å²) in [6, 6.07) is 17.6. The Bertz CT molecular complexity index is 1050. The molecule has 1 heterocycles. The van der Waals surface area contributed by atoms with Gasteiger partial charge in [-0.2, -0.15) is 5.10 Å². The van der Waals surface area contributed by atoms with E-state index in [1.165, 1.54) is 0 Å². The Kier molecular flexibility index (Phi) is 5.74. The van der Waals surface area contributed by atoms with Gasteiger partial charge in [0.15, 0.2) is 0 Å². The van der Waals surface area contributed by atoms with Crippen LogP contribution in [0.2, 0.25) is 0 Å². The van der Waals surface area contributed by atoms with Crippen molar-refractivity contribution < 1.29 is 4.79 Å². The average Bonchev–Trinajstić information content (AvgIpc) is 3.29. The van der Waals surface area contributed by atoms with E-state index >= 15 is 0 Å². The van der Waals surface area contributed by atoms with Crippen LogP contribution in [0.15, 0.2) is 59.4 Å². The molecule has 1 amide bonds. The lowest BCUT2D eigenvalue weighted by molar-refractivity contribution is -0.122. The molecule has 0 spiro atoms. The first-order valence-corrected chi connectivity index (χ1v) is 10.5. The monoisotopic (exact) mass is 389 g/mol. The minimum absolute atomic E-state index is 0.0109. The highest BCUT2D eigenvalue weighted by atomic mass is 16.2. The van der Waals surface area contributed by atoms with Gasteiger partial charge in [0.05, 0.1) is 29.6 Å². The zero-order valence-electron chi connectivity index (χ0n) is 16.8. The highest BCUT2D eigenvalue weighted by molar-refractivity contribution is 5.86. The third kappa shape index (κ3) is 3.95. The molecule has 1 aromatic heterocycles. The SMILES string of the molecule is CC[C@@H](C(=O)NCc1nn(C2CCCC2)c(=O)c2ccccc12)c1ccccc1. The number of carbonyl (C=O) groups excluding carboxylic acids is 1. The van der Waals surface area contributed by atoms with Crippen molar-refractivity contribution in [3.05, 3.63) is 76.2 Å². The molecule has 5 heteroatoms. The molecule has 0 radical (unpaired) electrons. The number of nitrogens with one attached hydrogen (secondary N) is 1. The number of rotatable bonds is 6. The summed E-state index contributed by atoms with van der Waals surface area (Å²) in [5.41, 5.74) is 1.74. The third-order valence-electron chi connectivity index (χ3n) is 5.93. The van der Waals surface area contributed by atoms with Gasteiger partial charge in [-0.1, -0.05) is 68.3 Å². The Labute approximate surface area is 170 Å². The number of amides is 1. The predicted molar refractivity (Wildman–Crippen MR) is 115 cm³/mol. The molecule has 150 valence electrons. The quantitative estimate of drug-likeness (QED) is 0.683. The van der Waals surface area contributed by atoms with Crippen LogP contribution in [0, 0.1) is 0 Å².